The van der Waals surface area contributed by atoms with Crippen molar-refractivity contribution in [2.75, 3.05) is 13.7 Å². The lowest BCUT2D eigenvalue weighted by atomic mass is 10.2. The lowest BCUT2D eigenvalue weighted by Gasteiger charge is -2.13. The summed E-state index contributed by atoms with van der Waals surface area (Å²) in [6.07, 6.45) is -2.78. The molecule has 1 unspecified atom stereocenters. The number of aromatic hydroxyl groups is 1. The van der Waals surface area contributed by atoms with Crippen LogP contribution in [0.25, 0.3) is 0 Å². The second kappa shape index (κ2) is 8.01. The molecule has 1 heterocycles. The normalized spacial score (nSPS) is 17.9. The van der Waals surface area contributed by atoms with E-state index in [-0.39, 0.29) is 5.75 Å². The molecule has 0 fully saturated rings. The van der Waals surface area contributed by atoms with Gasteiger partial charge in [0.1, 0.15) is 11.9 Å². The number of cyclic esters (lactones) is 1. The summed E-state index contributed by atoms with van der Waals surface area (Å²) in [4.78, 5) is 21.4. The number of ether oxygens (including phenoxy) is 2. The molecule has 9 nitrogen and oxygen atoms in total. The third-order valence-electron chi connectivity index (χ3n) is 2.76. The van der Waals surface area contributed by atoms with Crippen molar-refractivity contribution in [3.63, 3.8) is 0 Å². The number of phenolic OH excluding ortho intramolecular Hbond substituents is 1. The first-order valence-electron chi connectivity index (χ1n) is 6.31. The van der Waals surface area contributed by atoms with Crippen LogP contribution in [0.4, 0.5) is 0 Å². The van der Waals surface area contributed by atoms with Crippen molar-refractivity contribution < 1.29 is 44.6 Å². The molecule has 1 aliphatic heterocycles. The first-order valence-corrected chi connectivity index (χ1v) is 6.31. The molecular formula is C14H16O9. The van der Waals surface area contributed by atoms with Crippen molar-refractivity contribution in [1.82, 2.24) is 0 Å². The van der Waals surface area contributed by atoms with Crippen LogP contribution in [0.15, 0.2) is 35.8 Å². The van der Waals surface area contributed by atoms with Crippen molar-refractivity contribution >= 4 is 11.9 Å². The maximum absolute atomic E-state index is 10.8. The molecular weight excluding hydrogens is 312 g/mol. The van der Waals surface area contributed by atoms with E-state index in [2.05, 4.69) is 9.47 Å². The number of aliphatic hydroxyl groups excluding tert-OH is 4. The lowest BCUT2D eigenvalue weighted by molar-refractivity contribution is -0.147. The molecule has 2 rings (SSSR count). The number of phenols is 1. The van der Waals surface area contributed by atoms with E-state index >= 15 is 0 Å². The molecule has 1 aromatic rings. The number of esters is 2. The number of methoxy groups -OCH3 is 1. The highest BCUT2D eigenvalue weighted by Gasteiger charge is 2.38. The fourth-order valence-electron chi connectivity index (χ4n) is 1.54. The Balaban J connectivity index is 0.000000231. The van der Waals surface area contributed by atoms with E-state index in [1.807, 2.05) is 0 Å². The van der Waals surface area contributed by atoms with Gasteiger partial charge in [-0.15, -0.1) is 0 Å². The molecule has 23 heavy (non-hydrogen) atoms. The van der Waals surface area contributed by atoms with Crippen LogP contribution in [-0.2, 0) is 14.3 Å². The maximum atomic E-state index is 10.8. The van der Waals surface area contributed by atoms with Gasteiger partial charge < -0.3 is 35.0 Å². The average Bonchev–Trinajstić information content (AvgIpc) is 2.82. The zero-order chi connectivity index (χ0) is 17.6. The SMILES string of the molecule is COC(=O)c1ccc(O)cc1.O=C1O[C@H](C(O)CO)C(O)=C1O. The number of benzene rings is 1. The molecule has 0 saturated carbocycles. The third-order valence-corrected chi connectivity index (χ3v) is 2.76. The minimum Gasteiger partial charge on any atom is -0.508 e. The Morgan fingerprint density at radius 1 is 1.26 bits per heavy atom. The molecule has 2 atom stereocenters. The minimum atomic E-state index is -1.42. The molecule has 0 saturated heterocycles. The predicted molar refractivity (Wildman–Crippen MR) is 74.7 cm³/mol. The number of rotatable bonds is 3. The quantitative estimate of drug-likeness (QED) is 0.473. The summed E-state index contributed by atoms with van der Waals surface area (Å²) in [6.45, 7) is -0.671. The summed E-state index contributed by atoms with van der Waals surface area (Å²) < 4.78 is 8.77. The highest BCUT2D eigenvalue weighted by molar-refractivity contribution is 5.89. The van der Waals surface area contributed by atoms with Crippen molar-refractivity contribution in [2.45, 2.75) is 12.2 Å². The largest absolute Gasteiger partial charge is 0.508 e. The number of hydrogen-bond donors (Lipinski definition) is 5. The first-order chi connectivity index (χ1) is 10.8. The second-order valence-electron chi connectivity index (χ2n) is 4.35. The Morgan fingerprint density at radius 3 is 2.22 bits per heavy atom. The van der Waals surface area contributed by atoms with E-state index in [4.69, 9.17) is 25.5 Å². The monoisotopic (exact) mass is 328 g/mol. The van der Waals surface area contributed by atoms with E-state index in [0.717, 1.165) is 0 Å². The zero-order valence-corrected chi connectivity index (χ0v) is 12.0. The van der Waals surface area contributed by atoms with Crippen LogP contribution in [-0.4, -0.2) is 63.4 Å². The molecule has 5 N–H and O–H groups in total. The predicted octanol–water partition coefficient (Wildman–Crippen LogP) is -0.229. The summed E-state index contributed by atoms with van der Waals surface area (Å²) in [7, 11) is 1.31. The summed E-state index contributed by atoms with van der Waals surface area (Å²) in [6, 6.07) is 5.88. The molecule has 126 valence electrons. The van der Waals surface area contributed by atoms with Gasteiger partial charge >= 0.3 is 11.9 Å². The Bertz CT molecular complexity index is 591. The van der Waals surface area contributed by atoms with Gasteiger partial charge in [-0.3, -0.25) is 0 Å². The third kappa shape index (κ3) is 4.59. The fourth-order valence-corrected chi connectivity index (χ4v) is 1.54. The molecule has 0 radical (unpaired) electrons. The van der Waals surface area contributed by atoms with Crippen molar-refractivity contribution in [2.24, 2.45) is 0 Å². The van der Waals surface area contributed by atoms with E-state index in [1.165, 1.54) is 31.4 Å². The smallest absolute Gasteiger partial charge is 0.377 e. The van der Waals surface area contributed by atoms with Crippen molar-refractivity contribution in [3.8, 4) is 5.75 Å². The minimum absolute atomic E-state index is 0.137. The highest BCUT2D eigenvalue weighted by Crippen LogP contribution is 2.20. The fraction of sp³-hybridized carbons (Fsp3) is 0.286. The molecule has 0 spiro atoms. The number of hydrogen-bond acceptors (Lipinski definition) is 9. The van der Waals surface area contributed by atoms with Gasteiger partial charge in [-0.1, -0.05) is 0 Å². The molecule has 1 aliphatic rings. The Morgan fingerprint density at radius 2 is 1.83 bits per heavy atom. The van der Waals surface area contributed by atoms with Crippen molar-refractivity contribution in [3.05, 3.63) is 41.3 Å². The van der Waals surface area contributed by atoms with Gasteiger partial charge in [0, 0.05) is 0 Å². The topological polar surface area (TPSA) is 154 Å². The number of carbonyl (C=O) groups excluding carboxylic acids is 2. The lowest BCUT2D eigenvalue weighted by Crippen LogP contribution is -2.31. The number of aliphatic hydroxyl groups is 4. The average molecular weight is 328 g/mol. The number of carbonyl (C=O) groups is 2. The molecule has 0 bridgehead atoms. The Kier molecular flexibility index (Phi) is 6.36. The van der Waals surface area contributed by atoms with Gasteiger partial charge in [0.15, 0.2) is 11.9 Å². The summed E-state index contributed by atoms with van der Waals surface area (Å²) in [5, 5.41) is 43.9. The first kappa shape index (κ1) is 18.3. The van der Waals surface area contributed by atoms with E-state index in [9.17, 15) is 9.59 Å². The van der Waals surface area contributed by atoms with Crippen LogP contribution in [0.2, 0.25) is 0 Å². The van der Waals surface area contributed by atoms with E-state index in [0.29, 0.717) is 5.56 Å². The van der Waals surface area contributed by atoms with Gasteiger partial charge in [-0.05, 0) is 24.3 Å². The molecule has 0 amide bonds. The van der Waals surface area contributed by atoms with Crippen molar-refractivity contribution in [1.29, 1.82) is 0 Å². The van der Waals surface area contributed by atoms with Crippen LogP contribution in [0.3, 0.4) is 0 Å². The van der Waals surface area contributed by atoms with Crippen LogP contribution < -0.4 is 0 Å². The molecule has 9 heteroatoms. The summed E-state index contributed by atoms with van der Waals surface area (Å²) >= 11 is 0. The molecule has 1 aromatic carbocycles. The zero-order valence-electron chi connectivity index (χ0n) is 12.0. The Hall–Kier alpha value is -2.78. The second-order valence-corrected chi connectivity index (χ2v) is 4.35. The van der Waals surface area contributed by atoms with Crippen LogP contribution in [0.1, 0.15) is 10.4 Å². The summed E-state index contributed by atoms with van der Waals surface area (Å²) in [5.41, 5.74) is 0.435. The van der Waals surface area contributed by atoms with Gasteiger partial charge in [0.25, 0.3) is 0 Å². The van der Waals surface area contributed by atoms with Gasteiger partial charge in [-0.25, -0.2) is 9.59 Å². The maximum Gasteiger partial charge on any atom is 0.377 e. The van der Waals surface area contributed by atoms with Crippen LogP contribution >= 0.6 is 0 Å². The molecule has 0 aliphatic carbocycles. The molecule has 0 aromatic heterocycles. The van der Waals surface area contributed by atoms with E-state index < -0.39 is 42.3 Å². The van der Waals surface area contributed by atoms with Crippen LogP contribution in [0.5, 0.6) is 5.75 Å². The Labute approximate surface area is 130 Å². The van der Waals surface area contributed by atoms with Gasteiger partial charge in [0.2, 0.25) is 5.76 Å². The van der Waals surface area contributed by atoms with E-state index in [1.54, 1.807) is 0 Å². The van der Waals surface area contributed by atoms with Crippen LogP contribution in [0, 0.1) is 0 Å². The summed E-state index contributed by atoms with van der Waals surface area (Å²) in [5.74, 6) is -3.04. The standard InChI is InChI=1S/C8H8O3.C6H8O6/c1-11-8(10)6-2-4-7(9)5-3-6;7-1-2(8)5-3(9)4(10)6(11)12-5/h2-5,9H,1H3;2,5,7-10H,1H2/t;2?,5-/m.1/s1. The highest BCUT2D eigenvalue weighted by atomic mass is 16.6. The van der Waals surface area contributed by atoms with Gasteiger partial charge in [-0.2, -0.15) is 0 Å². The van der Waals surface area contributed by atoms with Gasteiger partial charge in [0.05, 0.1) is 19.3 Å².